The number of nitrogens with one attached hydrogen (secondary N) is 6. The molecule has 0 aliphatic rings. The Hall–Kier alpha value is -7.72. The summed E-state index contributed by atoms with van der Waals surface area (Å²) in [6, 6.07) is 28.1. The van der Waals surface area contributed by atoms with Gasteiger partial charge in [0.2, 0.25) is 0 Å². The van der Waals surface area contributed by atoms with Crippen LogP contribution in [0, 0.1) is 37.8 Å². The van der Waals surface area contributed by atoms with Crippen LogP contribution in [0.2, 0.25) is 20.1 Å². The Morgan fingerprint density at radius 3 is 1.24 bits per heavy atom. The van der Waals surface area contributed by atoms with Crippen LogP contribution >= 0.6 is 46.4 Å². The summed E-state index contributed by atoms with van der Waals surface area (Å²) in [4.78, 5) is 77.0. The molecule has 6 aromatic rings. The fourth-order valence-electron chi connectivity index (χ4n) is 6.28. The molecule has 0 bridgehead atoms. The molecule has 0 aromatic heterocycles. The highest BCUT2D eigenvalue weighted by molar-refractivity contribution is 6.39. The van der Waals surface area contributed by atoms with Crippen LogP contribution in [0.5, 0.6) is 0 Å². The molecule has 0 aliphatic carbocycles. The summed E-state index contributed by atoms with van der Waals surface area (Å²) in [5, 5.41) is 26.0. The minimum atomic E-state index is -4.51. The van der Waals surface area contributed by atoms with Gasteiger partial charge in [-0.25, -0.2) is 0 Å². The molecule has 0 saturated carbocycles. The van der Waals surface area contributed by atoms with Crippen LogP contribution in [0.4, 0.5) is 32.0 Å². The number of nitro groups is 1. The summed E-state index contributed by atoms with van der Waals surface area (Å²) in [5.74, 6) is -2.27. The van der Waals surface area contributed by atoms with Gasteiger partial charge in [0.1, 0.15) is 5.56 Å². The van der Waals surface area contributed by atoms with Crippen molar-refractivity contribution in [2.45, 2.75) is 69.8 Å². The fourth-order valence-corrected chi connectivity index (χ4v) is 7.36. The second-order valence-electron chi connectivity index (χ2n) is 15.8. The number of halogens is 10. The lowest BCUT2D eigenvalue weighted by molar-refractivity contribution is -0.385. The van der Waals surface area contributed by atoms with Gasteiger partial charge in [0.15, 0.2) is 0 Å². The molecule has 0 heterocycles. The van der Waals surface area contributed by atoms with Gasteiger partial charge >= 0.3 is 12.4 Å². The summed E-state index contributed by atoms with van der Waals surface area (Å²) in [6.07, 6.45) is -8.98. The van der Waals surface area contributed by atoms with E-state index in [0.29, 0.717) is 31.8 Å². The van der Waals surface area contributed by atoms with E-state index in [-0.39, 0.29) is 74.8 Å². The largest absolute Gasteiger partial charge is 0.417 e. The molecule has 0 atom stereocenters. The number of rotatable bonds is 7. The smallest absolute Gasteiger partial charge is 0.355 e. The topological polar surface area (TPSA) is 218 Å². The van der Waals surface area contributed by atoms with Gasteiger partial charge in [0.05, 0.1) is 58.4 Å². The lowest BCUT2D eigenvalue weighted by Gasteiger charge is -2.12. The maximum absolute atomic E-state index is 12.5. The molecule has 25 heteroatoms. The van der Waals surface area contributed by atoms with Crippen molar-refractivity contribution in [2.75, 3.05) is 42.3 Å². The Labute approximate surface area is 501 Å². The third-order valence-corrected chi connectivity index (χ3v) is 11.5. The first-order valence-electron chi connectivity index (χ1n) is 22.7. The first-order chi connectivity index (χ1) is 36.9. The normalized spacial score (nSPS) is 9.69. The van der Waals surface area contributed by atoms with E-state index in [2.05, 4.69) is 31.9 Å². The molecular formula is C58H71Cl4F6N7O8. The van der Waals surface area contributed by atoms with Crippen LogP contribution in [0.25, 0.3) is 0 Å². The number of nitro benzene ring substituents is 1. The van der Waals surface area contributed by atoms with Crippen LogP contribution in [0.3, 0.4) is 0 Å². The SMILES string of the molecule is C.C.C.C.CNC(=O)c1c(C)cccc1Cl.CNC(=O)c1c(Cl)cccc1Cl.CNC(=O)c1cc(C(F)(F)F)ccc1Cl.CNC(=O)c1ccc(C)cc1C.CNC(=O)c1ccc(C)cc1C(F)(F)F.CNC(=O)c1ccccc1[N+](=O)[O-]. The van der Waals surface area contributed by atoms with E-state index in [1.807, 2.05) is 51.1 Å². The van der Waals surface area contributed by atoms with Crippen molar-refractivity contribution in [1.29, 1.82) is 0 Å². The molecule has 6 aromatic carbocycles. The number of alkyl halides is 6. The van der Waals surface area contributed by atoms with E-state index in [1.54, 1.807) is 51.4 Å². The van der Waals surface area contributed by atoms with E-state index in [4.69, 9.17) is 46.4 Å². The molecule has 0 saturated heterocycles. The first-order valence-corrected chi connectivity index (χ1v) is 24.2. The van der Waals surface area contributed by atoms with Gasteiger partial charge in [-0.1, -0.05) is 136 Å². The minimum Gasteiger partial charge on any atom is -0.355 e. The number of aryl methyl sites for hydroxylation is 4. The Bertz CT molecular complexity index is 3020. The van der Waals surface area contributed by atoms with Crippen molar-refractivity contribution in [2.24, 2.45) is 0 Å². The second-order valence-corrected chi connectivity index (χ2v) is 17.5. The zero-order valence-corrected chi connectivity index (χ0v) is 47.0. The van der Waals surface area contributed by atoms with Crippen LogP contribution in [-0.4, -0.2) is 82.7 Å². The van der Waals surface area contributed by atoms with Crippen molar-refractivity contribution < 1.29 is 60.0 Å². The lowest BCUT2D eigenvalue weighted by Crippen LogP contribution is -2.22. The molecular weight excluding hydrogens is 1180 g/mol. The molecule has 0 aliphatic heterocycles. The van der Waals surface area contributed by atoms with Gasteiger partial charge in [-0.15, -0.1) is 0 Å². The zero-order chi connectivity index (χ0) is 60.5. The van der Waals surface area contributed by atoms with Crippen molar-refractivity contribution >= 4 is 87.5 Å². The van der Waals surface area contributed by atoms with Gasteiger partial charge in [-0.3, -0.25) is 38.9 Å². The van der Waals surface area contributed by atoms with Crippen molar-refractivity contribution in [3.05, 3.63) is 212 Å². The second kappa shape index (κ2) is 38.9. The number of nitrogens with zero attached hydrogens (tertiary/aromatic N) is 1. The molecule has 0 radical (unpaired) electrons. The maximum Gasteiger partial charge on any atom is 0.417 e. The number of carbonyl (C=O) groups is 6. The molecule has 0 unspecified atom stereocenters. The third kappa shape index (κ3) is 26.0. The third-order valence-electron chi connectivity index (χ3n) is 10.2. The fraction of sp³-hybridized carbons (Fsp3) is 0.276. The highest BCUT2D eigenvalue weighted by Gasteiger charge is 2.35. The van der Waals surface area contributed by atoms with Crippen LogP contribution < -0.4 is 31.9 Å². The molecule has 456 valence electrons. The summed E-state index contributed by atoms with van der Waals surface area (Å²) in [6.45, 7) is 7.36. The molecule has 0 spiro atoms. The Balaban J connectivity index is -0.000000448. The number of hydrogen-bond acceptors (Lipinski definition) is 8. The summed E-state index contributed by atoms with van der Waals surface area (Å²) in [7, 11) is 8.80. The van der Waals surface area contributed by atoms with Crippen LogP contribution in [0.1, 0.15) is 125 Å². The van der Waals surface area contributed by atoms with E-state index < -0.39 is 46.1 Å². The standard InChI is InChI=1S/C10H10F3NO.C10H13NO.C9H7ClF3NO.C9H10ClNO.C8H7Cl2NO.C8H8N2O3.4CH4/c1-6-3-4-7(9(15)14-2)8(5-6)10(11,12)13;1-7-4-5-9(8(2)6-7)10(12)11-3;1-14-8(15)6-4-5(9(11,12)13)2-3-7(6)10;1-6-4-3-5-7(10)8(6)9(12)11-2;1-11-8(12)7-5(9)3-2-4-6(7)10;1-9-8(11)6-4-2-3-5-7(6)10(12)13;;;;/h3-5H,1-2H3,(H,14,15);4-6H,1-3H3,(H,11,12);2-4H,1H3,(H,14,15);3-5H,1-2H3,(H,11,12);2-4H,1H3,(H,11,12);2-5H,1H3,(H,9,11);4*1H4. The maximum atomic E-state index is 12.5. The van der Waals surface area contributed by atoms with E-state index >= 15 is 0 Å². The van der Waals surface area contributed by atoms with Crippen molar-refractivity contribution in [1.82, 2.24) is 31.9 Å². The molecule has 83 heavy (non-hydrogen) atoms. The van der Waals surface area contributed by atoms with E-state index in [0.717, 1.165) is 41.0 Å². The predicted octanol–water partition coefficient (Wildman–Crippen LogP) is 14.6. The highest BCUT2D eigenvalue weighted by atomic mass is 35.5. The summed E-state index contributed by atoms with van der Waals surface area (Å²) < 4.78 is 74.5. The number of para-hydroxylation sites is 1. The number of amides is 6. The highest BCUT2D eigenvalue weighted by Crippen LogP contribution is 2.33. The average molecular weight is 1250 g/mol. The molecule has 0 fully saturated rings. The number of benzene rings is 6. The van der Waals surface area contributed by atoms with Gasteiger partial charge in [0, 0.05) is 53.9 Å². The summed E-state index contributed by atoms with van der Waals surface area (Å²) in [5.41, 5.74) is 2.76. The quantitative estimate of drug-likeness (QED) is 0.0512. The average Bonchev–Trinajstić information content (AvgIpc) is 3.51. The van der Waals surface area contributed by atoms with Crippen molar-refractivity contribution in [3.63, 3.8) is 0 Å². The summed E-state index contributed by atoms with van der Waals surface area (Å²) >= 11 is 22.9. The Morgan fingerprint density at radius 2 is 0.807 bits per heavy atom. The van der Waals surface area contributed by atoms with E-state index in [1.165, 1.54) is 64.1 Å². The van der Waals surface area contributed by atoms with Gasteiger partial charge in [-0.05, 0) is 99.5 Å². The van der Waals surface area contributed by atoms with Crippen molar-refractivity contribution in [3.8, 4) is 0 Å². The number of carbonyl (C=O) groups excluding carboxylic acids is 6. The molecule has 6 amide bonds. The minimum absolute atomic E-state index is 0. The molecule has 15 nitrogen and oxygen atoms in total. The van der Waals surface area contributed by atoms with Gasteiger partial charge in [-0.2, -0.15) is 26.3 Å². The van der Waals surface area contributed by atoms with Gasteiger partial charge in [0.25, 0.3) is 41.1 Å². The Kier molecular flexibility index (Phi) is 38.3. The number of hydrogen-bond donors (Lipinski definition) is 6. The monoisotopic (exact) mass is 1250 g/mol. The Morgan fingerprint density at radius 1 is 0.410 bits per heavy atom. The predicted molar refractivity (Wildman–Crippen MR) is 322 cm³/mol. The van der Waals surface area contributed by atoms with Gasteiger partial charge < -0.3 is 31.9 Å². The zero-order valence-electron chi connectivity index (χ0n) is 44.0. The molecule has 6 rings (SSSR count). The first kappa shape index (κ1) is 81.8. The lowest BCUT2D eigenvalue weighted by atomic mass is 10.0. The molecule has 6 N–H and O–H groups in total. The van der Waals surface area contributed by atoms with E-state index in [9.17, 15) is 65.2 Å². The van der Waals surface area contributed by atoms with Crippen LogP contribution in [-0.2, 0) is 12.4 Å². The van der Waals surface area contributed by atoms with Crippen LogP contribution in [0.15, 0.2) is 115 Å².